The third-order valence-corrected chi connectivity index (χ3v) is 8.08. The van der Waals surface area contributed by atoms with Crippen LogP contribution in [0.3, 0.4) is 0 Å². The van der Waals surface area contributed by atoms with Crippen LogP contribution in [0.15, 0.2) is 46.2 Å². The summed E-state index contributed by atoms with van der Waals surface area (Å²) in [5, 5.41) is 0. The van der Waals surface area contributed by atoms with Gasteiger partial charge in [-0.2, -0.15) is 4.31 Å². The Kier molecular flexibility index (Phi) is 6.53. The standard InChI is InChI=1S/C19H23FN2O6S2/c1-27-17-9-7-15(13-16(17)20)29(23,24)21-14-6-8-18(28-2)19(12-14)30(25,26)22-10-4-3-5-11-22/h6-9,12-13,21H,3-5,10-11H2,1-2H3. The molecule has 1 aliphatic heterocycles. The van der Waals surface area contributed by atoms with Gasteiger partial charge in [0.25, 0.3) is 10.0 Å². The predicted molar refractivity (Wildman–Crippen MR) is 109 cm³/mol. The fourth-order valence-electron chi connectivity index (χ4n) is 3.21. The van der Waals surface area contributed by atoms with E-state index in [4.69, 9.17) is 9.47 Å². The lowest BCUT2D eigenvalue weighted by molar-refractivity contribution is 0.343. The van der Waals surface area contributed by atoms with Gasteiger partial charge in [-0.05, 0) is 49.2 Å². The minimum absolute atomic E-state index is 0.0163. The lowest BCUT2D eigenvalue weighted by atomic mass is 10.2. The average molecular weight is 459 g/mol. The Labute approximate surface area is 175 Å². The van der Waals surface area contributed by atoms with Gasteiger partial charge in [-0.1, -0.05) is 6.42 Å². The number of nitrogens with zero attached hydrogens (tertiary/aromatic N) is 1. The van der Waals surface area contributed by atoms with Gasteiger partial charge in [0.05, 0.1) is 24.8 Å². The highest BCUT2D eigenvalue weighted by molar-refractivity contribution is 7.92. The van der Waals surface area contributed by atoms with Gasteiger partial charge in [-0.15, -0.1) is 0 Å². The molecule has 3 rings (SSSR count). The van der Waals surface area contributed by atoms with Gasteiger partial charge in [-0.25, -0.2) is 21.2 Å². The molecule has 0 spiro atoms. The van der Waals surface area contributed by atoms with Gasteiger partial charge in [0.2, 0.25) is 10.0 Å². The molecule has 1 saturated heterocycles. The molecule has 0 unspecified atom stereocenters. The molecule has 1 N–H and O–H groups in total. The van der Waals surface area contributed by atoms with E-state index in [1.807, 2.05) is 0 Å². The van der Waals surface area contributed by atoms with Crippen molar-refractivity contribution < 1.29 is 30.7 Å². The topological polar surface area (TPSA) is 102 Å². The number of methoxy groups -OCH3 is 2. The zero-order valence-electron chi connectivity index (χ0n) is 16.6. The molecule has 0 radical (unpaired) electrons. The lowest BCUT2D eigenvalue weighted by Gasteiger charge is -2.26. The summed E-state index contributed by atoms with van der Waals surface area (Å²) in [6.45, 7) is 0.791. The molecule has 0 saturated carbocycles. The van der Waals surface area contributed by atoms with E-state index in [9.17, 15) is 21.2 Å². The summed E-state index contributed by atoms with van der Waals surface area (Å²) in [5.74, 6) is -0.809. The maximum absolute atomic E-state index is 13.9. The number of benzene rings is 2. The van der Waals surface area contributed by atoms with E-state index in [2.05, 4.69) is 4.72 Å². The van der Waals surface area contributed by atoms with Crippen molar-refractivity contribution in [3.05, 3.63) is 42.2 Å². The molecule has 164 valence electrons. The summed E-state index contributed by atoms with van der Waals surface area (Å²) in [6.07, 6.45) is 2.48. The molecule has 2 aromatic carbocycles. The molecular formula is C19H23FN2O6S2. The van der Waals surface area contributed by atoms with Crippen molar-refractivity contribution in [1.29, 1.82) is 0 Å². The van der Waals surface area contributed by atoms with Crippen LogP contribution in [-0.2, 0) is 20.0 Å². The number of nitrogens with one attached hydrogen (secondary N) is 1. The molecule has 1 fully saturated rings. The maximum Gasteiger partial charge on any atom is 0.262 e. The van der Waals surface area contributed by atoms with E-state index in [-0.39, 0.29) is 27.0 Å². The van der Waals surface area contributed by atoms with E-state index >= 15 is 0 Å². The third-order valence-electron chi connectivity index (χ3n) is 4.78. The minimum Gasteiger partial charge on any atom is -0.495 e. The second kappa shape index (κ2) is 8.78. The Hall–Kier alpha value is -2.37. The van der Waals surface area contributed by atoms with Crippen LogP contribution in [0.4, 0.5) is 10.1 Å². The maximum atomic E-state index is 13.9. The zero-order chi connectivity index (χ0) is 21.9. The Balaban J connectivity index is 1.95. The molecule has 0 amide bonds. The van der Waals surface area contributed by atoms with Crippen LogP contribution < -0.4 is 14.2 Å². The molecule has 11 heteroatoms. The van der Waals surface area contributed by atoms with Gasteiger partial charge < -0.3 is 9.47 Å². The first-order valence-corrected chi connectivity index (χ1v) is 12.2. The highest BCUT2D eigenvalue weighted by Crippen LogP contribution is 2.32. The van der Waals surface area contributed by atoms with E-state index < -0.39 is 25.9 Å². The molecule has 1 heterocycles. The summed E-state index contributed by atoms with van der Waals surface area (Å²) in [5.41, 5.74) is 0.0163. The summed E-state index contributed by atoms with van der Waals surface area (Å²) >= 11 is 0. The Morgan fingerprint density at radius 3 is 2.13 bits per heavy atom. The van der Waals surface area contributed by atoms with Gasteiger partial charge in [-0.3, -0.25) is 4.72 Å². The Morgan fingerprint density at radius 1 is 0.900 bits per heavy atom. The second-order valence-corrected chi connectivity index (χ2v) is 10.3. The molecule has 2 aromatic rings. The molecule has 0 atom stereocenters. The normalized spacial score (nSPS) is 15.6. The lowest BCUT2D eigenvalue weighted by Crippen LogP contribution is -2.35. The molecule has 0 bridgehead atoms. The molecule has 0 aliphatic carbocycles. The number of halogens is 1. The minimum atomic E-state index is -4.16. The zero-order valence-corrected chi connectivity index (χ0v) is 18.2. The molecule has 30 heavy (non-hydrogen) atoms. The van der Waals surface area contributed by atoms with Crippen LogP contribution in [-0.4, -0.2) is 48.4 Å². The number of hydrogen-bond acceptors (Lipinski definition) is 6. The number of hydrogen-bond donors (Lipinski definition) is 1. The van der Waals surface area contributed by atoms with Crippen molar-refractivity contribution >= 4 is 25.7 Å². The predicted octanol–water partition coefficient (Wildman–Crippen LogP) is 2.82. The van der Waals surface area contributed by atoms with E-state index in [0.717, 1.165) is 25.3 Å². The van der Waals surface area contributed by atoms with E-state index in [1.54, 1.807) is 0 Å². The molecule has 8 nitrogen and oxygen atoms in total. The van der Waals surface area contributed by atoms with Crippen LogP contribution in [0, 0.1) is 5.82 Å². The number of rotatable bonds is 7. The van der Waals surface area contributed by atoms with Gasteiger partial charge >= 0.3 is 0 Å². The van der Waals surface area contributed by atoms with E-state index in [1.165, 1.54) is 48.9 Å². The van der Waals surface area contributed by atoms with Crippen LogP contribution in [0.25, 0.3) is 0 Å². The van der Waals surface area contributed by atoms with Crippen LogP contribution in [0.5, 0.6) is 11.5 Å². The quantitative estimate of drug-likeness (QED) is 0.685. The first-order valence-electron chi connectivity index (χ1n) is 9.23. The molecular weight excluding hydrogens is 435 g/mol. The second-order valence-electron chi connectivity index (χ2n) is 6.73. The summed E-state index contributed by atoms with van der Waals surface area (Å²) in [7, 11) is -5.42. The van der Waals surface area contributed by atoms with Crippen LogP contribution >= 0.6 is 0 Å². The fourth-order valence-corrected chi connectivity index (χ4v) is 5.97. The largest absolute Gasteiger partial charge is 0.495 e. The Morgan fingerprint density at radius 2 is 1.53 bits per heavy atom. The first kappa shape index (κ1) is 22.3. The van der Waals surface area contributed by atoms with Gasteiger partial charge in [0, 0.05) is 13.1 Å². The molecule has 1 aliphatic rings. The van der Waals surface area contributed by atoms with Gasteiger partial charge in [0.1, 0.15) is 10.6 Å². The van der Waals surface area contributed by atoms with Crippen LogP contribution in [0.2, 0.25) is 0 Å². The number of ether oxygens (including phenoxy) is 2. The smallest absolute Gasteiger partial charge is 0.262 e. The third kappa shape index (κ3) is 4.52. The summed E-state index contributed by atoms with van der Waals surface area (Å²) in [4.78, 5) is -0.454. The van der Waals surface area contributed by atoms with E-state index in [0.29, 0.717) is 13.1 Å². The number of piperidine rings is 1. The first-order chi connectivity index (χ1) is 14.2. The van der Waals surface area contributed by atoms with Crippen molar-refractivity contribution in [2.45, 2.75) is 29.1 Å². The SMILES string of the molecule is COc1ccc(S(=O)(=O)Nc2ccc(OC)c(S(=O)(=O)N3CCCCC3)c2)cc1F. The summed E-state index contributed by atoms with van der Waals surface area (Å²) < 4.78 is 79.0. The molecule has 0 aromatic heterocycles. The van der Waals surface area contributed by atoms with Gasteiger partial charge in [0.15, 0.2) is 11.6 Å². The van der Waals surface area contributed by atoms with Crippen molar-refractivity contribution in [2.75, 3.05) is 32.0 Å². The monoisotopic (exact) mass is 458 g/mol. The fraction of sp³-hybridized carbons (Fsp3) is 0.368. The highest BCUT2D eigenvalue weighted by Gasteiger charge is 2.29. The average Bonchev–Trinajstić information content (AvgIpc) is 2.74. The number of sulfonamides is 2. The van der Waals surface area contributed by atoms with Crippen molar-refractivity contribution in [3.8, 4) is 11.5 Å². The summed E-state index contributed by atoms with van der Waals surface area (Å²) in [6, 6.07) is 7.19. The highest BCUT2D eigenvalue weighted by atomic mass is 32.2. The van der Waals surface area contributed by atoms with Crippen molar-refractivity contribution in [1.82, 2.24) is 4.31 Å². The Bertz CT molecular complexity index is 1130. The van der Waals surface area contributed by atoms with Crippen molar-refractivity contribution in [3.63, 3.8) is 0 Å². The number of anilines is 1. The van der Waals surface area contributed by atoms with Crippen molar-refractivity contribution in [2.24, 2.45) is 0 Å². The van der Waals surface area contributed by atoms with Crippen LogP contribution in [0.1, 0.15) is 19.3 Å².